The number of pyridine rings is 1. The predicted molar refractivity (Wildman–Crippen MR) is 147 cm³/mol. The van der Waals surface area contributed by atoms with Crippen LogP contribution >= 0.6 is 0 Å². The highest BCUT2D eigenvalue weighted by molar-refractivity contribution is 5.95. The largest absolute Gasteiger partial charge is 0.490 e. The molecule has 1 amide bonds. The molecule has 2 aromatic heterocycles. The summed E-state index contributed by atoms with van der Waals surface area (Å²) in [5.74, 6) is -0.288. The van der Waals surface area contributed by atoms with Gasteiger partial charge in [-0.2, -0.15) is 10.4 Å². The van der Waals surface area contributed by atoms with Crippen LogP contribution in [0.15, 0.2) is 59.7 Å². The van der Waals surface area contributed by atoms with E-state index < -0.39 is 5.82 Å². The van der Waals surface area contributed by atoms with Crippen LogP contribution in [0.4, 0.5) is 10.1 Å². The van der Waals surface area contributed by atoms with Crippen molar-refractivity contribution in [3.05, 3.63) is 93.4 Å². The number of hydrogen-bond acceptors (Lipinski definition) is 7. The Hall–Kier alpha value is -4.78. The number of aromatic nitrogens is 3. The summed E-state index contributed by atoms with van der Waals surface area (Å²) in [5.41, 5.74) is 2.25. The van der Waals surface area contributed by atoms with Gasteiger partial charge in [0.25, 0.3) is 11.5 Å². The molecular weight excluding hydrogens is 511 g/mol. The number of benzene rings is 2. The highest BCUT2D eigenvalue weighted by Crippen LogP contribution is 2.29. The maximum Gasteiger partial charge on any atom is 0.272 e. The summed E-state index contributed by atoms with van der Waals surface area (Å²) in [6, 6.07) is 13.7. The minimum Gasteiger partial charge on any atom is -0.490 e. The second kappa shape index (κ2) is 10.4. The van der Waals surface area contributed by atoms with E-state index in [0.29, 0.717) is 52.9 Å². The van der Waals surface area contributed by atoms with Crippen molar-refractivity contribution in [1.82, 2.24) is 20.1 Å². The van der Waals surface area contributed by atoms with Crippen molar-refractivity contribution >= 4 is 22.4 Å². The first-order valence-electron chi connectivity index (χ1n) is 13.2. The lowest BCUT2D eigenvalue weighted by molar-refractivity contribution is 0.0599. The molecule has 10 heteroatoms. The molecule has 2 aromatic carbocycles. The first-order chi connectivity index (χ1) is 19.4. The van der Waals surface area contributed by atoms with Crippen LogP contribution < -0.4 is 15.2 Å². The third-order valence-electron chi connectivity index (χ3n) is 7.78. The zero-order valence-electron chi connectivity index (χ0n) is 21.9. The number of halogens is 1. The van der Waals surface area contributed by atoms with Gasteiger partial charge < -0.3 is 14.5 Å². The molecule has 1 aliphatic carbocycles. The molecule has 1 aliphatic heterocycles. The topological polar surface area (TPSA) is 115 Å². The van der Waals surface area contributed by atoms with Gasteiger partial charge in [0.15, 0.2) is 0 Å². The van der Waals surface area contributed by atoms with E-state index in [2.05, 4.69) is 21.3 Å². The highest BCUT2D eigenvalue weighted by Gasteiger charge is 2.35. The molecule has 6 rings (SSSR count). The number of fused-ring (bicyclic) bond motifs is 1. The summed E-state index contributed by atoms with van der Waals surface area (Å²) in [6.45, 7) is 0.845. The number of hydrogen-bond donors (Lipinski definition) is 1. The van der Waals surface area contributed by atoms with Gasteiger partial charge in [-0.05, 0) is 61.2 Å². The Labute approximate surface area is 229 Å². The van der Waals surface area contributed by atoms with Crippen LogP contribution in [0.5, 0.6) is 5.75 Å². The first-order valence-corrected chi connectivity index (χ1v) is 13.2. The molecule has 1 N–H and O–H groups in total. The number of likely N-dealkylation sites (tertiary alicyclic amines) is 1. The van der Waals surface area contributed by atoms with Gasteiger partial charge in [-0.3, -0.25) is 14.6 Å². The number of likely N-dealkylation sites (N-methyl/N-ethyl adjacent to an activating group) is 1. The maximum absolute atomic E-state index is 14.8. The van der Waals surface area contributed by atoms with Crippen molar-refractivity contribution in [2.45, 2.75) is 37.8 Å². The number of nitriles is 1. The molecule has 1 saturated heterocycles. The maximum atomic E-state index is 14.8. The Morgan fingerprint density at radius 1 is 1.18 bits per heavy atom. The monoisotopic (exact) mass is 538 g/mol. The van der Waals surface area contributed by atoms with E-state index in [1.807, 2.05) is 18.0 Å². The van der Waals surface area contributed by atoms with Gasteiger partial charge in [-0.25, -0.2) is 9.49 Å². The standard InChI is InChI=1S/C30H27FN6O3/c1-36(20-9-19(13-32)14-33-15-20)21-16-37(17-21)30(39)26-10-18(5-8-27(26)31)11-28-25-12-23(40-22-3-2-4-22)6-7-24(25)29(38)35-34-28/h5-10,12,14-15,21-22H,2-4,11,16-17H2,1H3,(H,35,38). The van der Waals surface area contributed by atoms with Crippen LogP contribution in [0.25, 0.3) is 10.8 Å². The molecule has 4 aromatic rings. The van der Waals surface area contributed by atoms with Crippen molar-refractivity contribution in [2.75, 3.05) is 25.0 Å². The highest BCUT2D eigenvalue weighted by atomic mass is 19.1. The fourth-order valence-corrected chi connectivity index (χ4v) is 5.06. The molecule has 0 atom stereocenters. The molecule has 40 heavy (non-hydrogen) atoms. The number of H-pyrrole nitrogens is 1. The number of rotatable bonds is 7. The molecule has 1 saturated carbocycles. The number of nitrogens with one attached hydrogen (secondary N) is 1. The second-order valence-electron chi connectivity index (χ2n) is 10.4. The summed E-state index contributed by atoms with van der Waals surface area (Å²) in [5, 5.41) is 17.1. The summed E-state index contributed by atoms with van der Waals surface area (Å²) < 4.78 is 20.8. The molecule has 0 unspecified atom stereocenters. The van der Waals surface area contributed by atoms with Gasteiger partial charge in [-0.1, -0.05) is 6.07 Å². The van der Waals surface area contributed by atoms with Crippen molar-refractivity contribution in [3.63, 3.8) is 0 Å². The summed E-state index contributed by atoms with van der Waals surface area (Å²) in [6.07, 6.45) is 6.85. The normalized spacial score (nSPS) is 15.3. The molecule has 9 nitrogen and oxygen atoms in total. The number of amides is 1. The summed E-state index contributed by atoms with van der Waals surface area (Å²) in [4.78, 5) is 33.3. The van der Waals surface area contributed by atoms with Crippen LogP contribution in [-0.2, 0) is 6.42 Å². The van der Waals surface area contributed by atoms with E-state index in [-0.39, 0.29) is 29.2 Å². The summed E-state index contributed by atoms with van der Waals surface area (Å²) in [7, 11) is 1.88. The molecule has 2 fully saturated rings. The average Bonchev–Trinajstić information content (AvgIpc) is 2.92. The molecule has 0 spiro atoms. The Balaban J connectivity index is 1.19. The van der Waals surface area contributed by atoms with E-state index >= 15 is 0 Å². The third-order valence-corrected chi connectivity index (χ3v) is 7.78. The van der Waals surface area contributed by atoms with Crippen molar-refractivity contribution < 1.29 is 13.9 Å². The zero-order chi connectivity index (χ0) is 27.8. The van der Waals surface area contributed by atoms with Crippen LogP contribution in [0.1, 0.15) is 46.4 Å². The van der Waals surface area contributed by atoms with Gasteiger partial charge in [0.05, 0.1) is 46.2 Å². The van der Waals surface area contributed by atoms with E-state index in [9.17, 15) is 14.0 Å². The molecule has 3 heterocycles. The molecular formula is C30H27FN6O3. The van der Waals surface area contributed by atoms with Gasteiger partial charge in [0.2, 0.25) is 0 Å². The van der Waals surface area contributed by atoms with Gasteiger partial charge in [0.1, 0.15) is 17.6 Å². The van der Waals surface area contributed by atoms with E-state index in [1.165, 1.54) is 12.3 Å². The Morgan fingerprint density at radius 3 is 2.75 bits per heavy atom. The third kappa shape index (κ3) is 4.86. The van der Waals surface area contributed by atoms with Crippen LogP contribution in [0, 0.1) is 17.1 Å². The second-order valence-corrected chi connectivity index (χ2v) is 10.4. The fraction of sp³-hybridized carbons (Fsp3) is 0.300. The van der Waals surface area contributed by atoms with Crippen LogP contribution in [0.3, 0.4) is 0 Å². The zero-order valence-corrected chi connectivity index (χ0v) is 21.9. The van der Waals surface area contributed by atoms with E-state index in [0.717, 1.165) is 24.9 Å². The number of ether oxygens (including phenoxy) is 1. The van der Waals surface area contributed by atoms with Crippen molar-refractivity contribution in [1.29, 1.82) is 5.26 Å². The van der Waals surface area contributed by atoms with Crippen molar-refractivity contribution in [3.8, 4) is 11.8 Å². The van der Waals surface area contributed by atoms with Gasteiger partial charge in [-0.15, -0.1) is 0 Å². The van der Waals surface area contributed by atoms with Crippen molar-refractivity contribution in [2.24, 2.45) is 0 Å². The number of nitrogens with zero attached hydrogens (tertiary/aromatic N) is 5. The molecule has 202 valence electrons. The molecule has 2 aliphatic rings. The van der Waals surface area contributed by atoms with Gasteiger partial charge in [0, 0.05) is 38.1 Å². The SMILES string of the molecule is CN(c1cncc(C#N)c1)C1CN(C(=O)c2cc(Cc3n[nH]c(=O)c4ccc(OC5CCC5)cc34)ccc2F)C1. The lowest BCUT2D eigenvalue weighted by Crippen LogP contribution is -2.60. The molecule has 0 bridgehead atoms. The lowest BCUT2D eigenvalue weighted by atomic mass is 9.96. The minimum absolute atomic E-state index is 0.00511. The number of anilines is 1. The van der Waals surface area contributed by atoms with Gasteiger partial charge >= 0.3 is 0 Å². The smallest absolute Gasteiger partial charge is 0.272 e. The fourth-order valence-electron chi connectivity index (χ4n) is 5.06. The number of carbonyl (C=O) groups is 1. The number of aromatic amines is 1. The first kappa shape index (κ1) is 25.5. The predicted octanol–water partition coefficient (Wildman–Crippen LogP) is 3.81. The minimum atomic E-state index is -0.591. The van der Waals surface area contributed by atoms with E-state index in [4.69, 9.17) is 10.00 Å². The van der Waals surface area contributed by atoms with E-state index in [1.54, 1.807) is 41.4 Å². The summed E-state index contributed by atoms with van der Waals surface area (Å²) >= 11 is 0. The average molecular weight is 539 g/mol. The van der Waals surface area contributed by atoms with Crippen LogP contribution in [0.2, 0.25) is 0 Å². The Kier molecular flexibility index (Phi) is 6.64. The lowest BCUT2D eigenvalue weighted by Gasteiger charge is -2.44. The number of carbonyl (C=O) groups excluding carboxylic acids is 1. The Morgan fingerprint density at radius 2 is 2.00 bits per heavy atom. The van der Waals surface area contributed by atoms with Crippen LogP contribution in [-0.4, -0.2) is 58.3 Å². The molecule has 0 radical (unpaired) electrons. The Bertz CT molecular complexity index is 1700. The quantitative estimate of drug-likeness (QED) is 0.380.